The maximum Gasteiger partial charge on any atom is 0.271 e. The first-order valence-corrected chi connectivity index (χ1v) is 7.69. The van der Waals surface area contributed by atoms with Crippen LogP contribution in [0.5, 0.6) is 0 Å². The third-order valence-corrected chi connectivity index (χ3v) is 4.19. The first-order chi connectivity index (χ1) is 10.1. The zero-order valence-electron chi connectivity index (χ0n) is 11.6. The number of anilines is 1. The van der Waals surface area contributed by atoms with Crippen molar-refractivity contribution in [2.45, 2.75) is 13.5 Å². The van der Waals surface area contributed by atoms with Crippen molar-refractivity contribution in [3.63, 3.8) is 0 Å². The fourth-order valence-corrected chi connectivity index (χ4v) is 2.94. The zero-order valence-corrected chi connectivity index (χ0v) is 13.1. The Morgan fingerprint density at radius 3 is 2.71 bits per heavy atom. The maximum absolute atomic E-state index is 10.6. The highest BCUT2D eigenvalue weighted by Gasteiger charge is 2.08. The number of benzene rings is 1. The van der Waals surface area contributed by atoms with Crippen molar-refractivity contribution in [2.75, 3.05) is 18.4 Å². The number of thiophene rings is 1. The minimum absolute atomic E-state index is 0.00302. The van der Waals surface area contributed by atoms with E-state index in [4.69, 9.17) is 11.6 Å². The molecule has 0 spiro atoms. The summed E-state index contributed by atoms with van der Waals surface area (Å²) in [4.78, 5) is 12.8. The summed E-state index contributed by atoms with van der Waals surface area (Å²) in [5.41, 5.74) is 0.702. The van der Waals surface area contributed by atoms with E-state index in [-0.39, 0.29) is 5.69 Å². The number of halogens is 1. The van der Waals surface area contributed by atoms with Crippen LogP contribution >= 0.6 is 22.9 Å². The topological polar surface area (TPSA) is 67.2 Å². The van der Waals surface area contributed by atoms with Gasteiger partial charge in [-0.2, -0.15) is 0 Å². The molecule has 7 heteroatoms. The van der Waals surface area contributed by atoms with E-state index in [0.717, 1.165) is 13.1 Å². The Hall–Kier alpha value is -1.63. The molecular formula is C14H16ClN3O2S. The lowest BCUT2D eigenvalue weighted by molar-refractivity contribution is -0.384. The monoisotopic (exact) mass is 325 g/mol. The van der Waals surface area contributed by atoms with Gasteiger partial charge in [-0.1, -0.05) is 11.6 Å². The van der Waals surface area contributed by atoms with Gasteiger partial charge in [0.25, 0.3) is 5.69 Å². The zero-order chi connectivity index (χ0) is 15.2. The third kappa shape index (κ3) is 4.70. The summed E-state index contributed by atoms with van der Waals surface area (Å²) in [6.07, 6.45) is 0. The number of nitrogens with one attached hydrogen (secondary N) is 2. The predicted molar refractivity (Wildman–Crippen MR) is 87.4 cm³/mol. The molecule has 0 bridgehead atoms. The van der Waals surface area contributed by atoms with Crippen molar-refractivity contribution >= 4 is 34.3 Å². The lowest BCUT2D eigenvalue weighted by atomic mass is 10.3. The number of non-ortho nitro benzene ring substituents is 1. The molecule has 5 nitrogen and oxygen atoms in total. The van der Waals surface area contributed by atoms with Crippen LogP contribution in [0.4, 0.5) is 11.4 Å². The standard InChI is InChI=1S/C14H16ClN3O2S/c1-10-2-4-12(21-10)9-16-6-7-17-14-5-3-11(18(19)20)8-13(14)15/h2-5,8,16-17H,6-7,9H2,1H3. The van der Waals surface area contributed by atoms with Crippen molar-refractivity contribution in [3.8, 4) is 0 Å². The van der Waals surface area contributed by atoms with E-state index in [1.807, 2.05) is 0 Å². The number of nitro benzene ring substituents is 1. The number of nitrogens with zero attached hydrogens (tertiary/aromatic N) is 1. The van der Waals surface area contributed by atoms with E-state index >= 15 is 0 Å². The molecule has 21 heavy (non-hydrogen) atoms. The van der Waals surface area contributed by atoms with E-state index in [1.54, 1.807) is 17.4 Å². The molecule has 1 heterocycles. The molecule has 0 atom stereocenters. The Morgan fingerprint density at radius 2 is 2.10 bits per heavy atom. The highest BCUT2D eigenvalue weighted by Crippen LogP contribution is 2.26. The van der Waals surface area contributed by atoms with Gasteiger partial charge in [0.05, 0.1) is 15.6 Å². The minimum atomic E-state index is -0.458. The molecule has 2 N–H and O–H groups in total. The Balaban J connectivity index is 1.74. The lowest BCUT2D eigenvalue weighted by Crippen LogP contribution is -2.21. The highest BCUT2D eigenvalue weighted by atomic mass is 35.5. The van der Waals surface area contributed by atoms with Gasteiger partial charge in [0.15, 0.2) is 0 Å². The van der Waals surface area contributed by atoms with Crippen LogP contribution in [0.25, 0.3) is 0 Å². The number of nitro groups is 1. The smallest absolute Gasteiger partial charge is 0.271 e. The fourth-order valence-electron chi connectivity index (χ4n) is 1.84. The second kappa shape index (κ2) is 7.40. The molecule has 1 aromatic heterocycles. The number of aryl methyl sites for hydroxylation is 1. The predicted octanol–water partition coefficient (Wildman–Crippen LogP) is 3.82. The van der Waals surface area contributed by atoms with Crippen LogP contribution in [0.1, 0.15) is 9.75 Å². The summed E-state index contributed by atoms with van der Waals surface area (Å²) in [7, 11) is 0. The quantitative estimate of drug-likeness (QED) is 0.461. The molecule has 0 saturated carbocycles. The summed E-state index contributed by atoms with van der Waals surface area (Å²) in [6.45, 7) is 4.41. The average molecular weight is 326 g/mol. The van der Waals surface area contributed by atoms with Gasteiger partial charge in [0, 0.05) is 41.5 Å². The van der Waals surface area contributed by atoms with Gasteiger partial charge in [-0.3, -0.25) is 10.1 Å². The van der Waals surface area contributed by atoms with Gasteiger partial charge < -0.3 is 10.6 Å². The molecule has 2 rings (SSSR count). The van der Waals surface area contributed by atoms with Crippen molar-refractivity contribution < 1.29 is 4.92 Å². The molecule has 112 valence electrons. The molecule has 0 aliphatic rings. The summed E-state index contributed by atoms with van der Waals surface area (Å²) in [6, 6.07) is 8.65. The molecular weight excluding hydrogens is 310 g/mol. The van der Waals surface area contributed by atoms with Crippen LogP contribution in [0.2, 0.25) is 5.02 Å². The molecule has 0 saturated heterocycles. The molecule has 0 aliphatic carbocycles. The van der Waals surface area contributed by atoms with Crippen molar-refractivity contribution in [2.24, 2.45) is 0 Å². The van der Waals surface area contributed by atoms with Crippen LogP contribution < -0.4 is 10.6 Å². The van der Waals surface area contributed by atoms with E-state index < -0.39 is 4.92 Å². The van der Waals surface area contributed by atoms with Gasteiger partial charge >= 0.3 is 0 Å². The SMILES string of the molecule is Cc1ccc(CNCCNc2ccc([N+](=O)[O-])cc2Cl)s1. The van der Waals surface area contributed by atoms with Crippen LogP contribution in [0.15, 0.2) is 30.3 Å². The summed E-state index contributed by atoms with van der Waals surface area (Å²) < 4.78 is 0. The summed E-state index contributed by atoms with van der Waals surface area (Å²) in [5.74, 6) is 0. The molecule has 2 aromatic rings. The van der Waals surface area contributed by atoms with Crippen molar-refractivity contribution in [1.29, 1.82) is 0 Å². The van der Waals surface area contributed by atoms with Crippen LogP contribution in [0, 0.1) is 17.0 Å². The first kappa shape index (κ1) is 15.8. The van der Waals surface area contributed by atoms with E-state index in [2.05, 4.69) is 29.7 Å². The normalized spacial score (nSPS) is 10.6. The van der Waals surface area contributed by atoms with Gasteiger partial charge in [-0.25, -0.2) is 0 Å². The molecule has 0 fully saturated rings. The highest BCUT2D eigenvalue weighted by molar-refractivity contribution is 7.11. The molecule has 0 amide bonds. The van der Waals surface area contributed by atoms with Crippen molar-refractivity contribution in [3.05, 3.63) is 55.2 Å². The molecule has 0 radical (unpaired) electrons. The van der Waals surface area contributed by atoms with Gasteiger partial charge in [0.1, 0.15) is 0 Å². The Bertz CT molecular complexity index is 630. The Labute approximate surface area is 132 Å². The maximum atomic E-state index is 10.6. The molecule has 0 aliphatic heterocycles. The molecule has 0 unspecified atom stereocenters. The number of rotatable bonds is 7. The number of hydrogen-bond acceptors (Lipinski definition) is 5. The Morgan fingerprint density at radius 1 is 1.29 bits per heavy atom. The summed E-state index contributed by atoms with van der Waals surface area (Å²) >= 11 is 7.78. The van der Waals surface area contributed by atoms with Crippen LogP contribution in [-0.2, 0) is 6.54 Å². The fraction of sp³-hybridized carbons (Fsp3) is 0.286. The first-order valence-electron chi connectivity index (χ1n) is 6.50. The lowest BCUT2D eigenvalue weighted by Gasteiger charge is -2.08. The van der Waals surface area contributed by atoms with E-state index in [0.29, 0.717) is 17.3 Å². The molecule has 1 aromatic carbocycles. The van der Waals surface area contributed by atoms with Gasteiger partial charge in [0.2, 0.25) is 0 Å². The number of hydrogen-bond donors (Lipinski definition) is 2. The van der Waals surface area contributed by atoms with Gasteiger partial charge in [-0.15, -0.1) is 11.3 Å². The largest absolute Gasteiger partial charge is 0.383 e. The third-order valence-electron chi connectivity index (χ3n) is 2.88. The van der Waals surface area contributed by atoms with Crippen LogP contribution in [0.3, 0.4) is 0 Å². The van der Waals surface area contributed by atoms with Gasteiger partial charge in [-0.05, 0) is 25.1 Å². The van der Waals surface area contributed by atoms with Crippen LogP contribution in [-0.4, -0.2) is 18.0 Å². The Kier molecular flexibility index (Phi) is 5.55. The van der Waals surface area contributed by atoms with E-state index in [9.17, 15) is 10.1 Å². The second-order valence-corrected chi connectivity index (χ2v) is 6.32. The minimum Gasteiger partial charge on any atom is -0.383 e. The van der Waals surface area contributed by atoms with E-state index in [1.165, 1.54) is 21.9 Å². The average Bonchev–Trinajstić information content (AvgIpc) is 2.85. The summed E-state index contributed by atoms with van der Waals surface area (Å²) in [5, 5.41) is 17.5. The second-order valence-electron chi connectivity index (χ2n) is 4.54. The van der Waals surface area contributed by atoms with Crippen molar-refractivity contribution in [1.82, 2.24) is 5.32 Å².